The minimum Gasteiger partial charge on any atom is -0.249 e. The maximum Gasteiger partial charge on any atom is 0.110 e. The topological polar surface area (TPSA) is 12.9 Å². The maximum absolute atomic E-state index is 4.44. The van der Waals surface area contributed by atoms with Crippen LogP contribution in [0.2, 0.25) is 0 Å². The number of rotatable bonds is 8. The molecule has 0 saturated heterocycles. The van der Waals surface area contributed by atoms with Gasteiger partial charge in [-0.3, -0.25) is 0 Å². The molecule has 4 heteroatoms. The van der Waals surface area contributed by atoms with Gasteiger partial charge in [-0.1, -0.05) is 42.6 Å². The van der Waals surface area contributed by atoms with Crippen molar-refractivity contribution in [1.82, 2.24) is 4.98 Å². The molecule has 0 radical (unpaired) electrons. The third-order valence-corrected chi connectivity index (χ3v) is 6.53. The first kappa shape index (κ1) is 16.5. The van der Waals surface area contributed by atoms with Crippen molar-refractivity contribution in [3.63, 3.8) is 0 Å². The number of hydrogen-bond donors (Lipinski definition) is 0. The van der Waals surface area contributed by atoms with Gasteiger partial charge in [0.05, 0.1) is 0 Å². The molecule has 0 fully saturated rings. The van der Waals surface area contributed by atoms with Gasteiger partial charge in [0.2, 0.25) is 0 Å². The molecule has 0 atom stereocenters. The van der Waals surface area contributed by atoms with Crippen molar-refractivity contribution in [2.45, 2.75) is 44.6 Å². The highest BCUT2D eigenvalue weighted by Gasteiger charge is 2.27. The van der Waals surface area contributed by atoms with Crippen LogP contribution in [0.3, 0.4) is 0 Å². The van der Waals surface area contributed by atoms with Crippen molar-refractivity contribution < 1.29 is 0 Å². The lowest BCUT2D eigenvalue weighted by Gasteiger charge is -2.31. The fourth-order valence-electron chi connectivity index (χ4n) is 2.20. The molecule has 1 rings (SSSR count). The molecule has 1 nitrogen and oxygen atoms in total. The second kappa shape index (κ2) is 8.60. The minimum atomic E-state index is 0.408. The molecule has 18 heavy (non-hydrogen) atoms. The number of nitrogens with zero attached hydrogens (tertiary/aromatic N) is 1. The van der Waals surface area contributed by atoms with E-state index in [1.54, 1.807) is 0 Å². The summed E-state index contributed by atoms with van der Waals surface area (Å²) < 4.78 is 1.10. The summed E-state index contributed by atoms with van der Waals surface area (Å²) in [7, 11) is 0. The molecule has 0 amide bonds. The Balaban J connectivity index is 2.69. The number of pyridine rings is 1. The number of thioether (sulfide) groups is 1. The van der Waals surface area contributed by atoms with Crippen molar-refractivity contribution >= 4 is 43.6 Å². The van der Waals surface area contributed by atoms with E-state index in [4.69, 9.17) is 0 Å². The Morgan fingerprint density at radius 2 is 1.94 bits per heavy atom. The SMILES string of the molecule is CCCC(CBr)(CCC)CSc1ncccc1Br. The predicted octanol–water partition coefficient (Wildman–Crippen LogP) is 5.92. The second-order valence-corrected chi connectivity index (χ2v) is 7.09. The average Bonchev–Trinajstić information content (AvgIpc) is 2.38. The van der Waals surface area contributed by atoms with Crippen LogP contribution in [-0.4, -0.2) is 16.1 Å². The third kappa shape index (κ3) is 4.86. The highest BCUT2D eigenvalue weighted by molar-refractivity contribution is 9.10. The Labute approximate surface area is 132 Å². The Hall–Kier alpha value is 0.460. The zero-order valence-electron chi connectivity index (χ0n) is 11.1. The molecule has 0 spiro atoms. The second-order valence-electron chi connectivity index (χ2n) is 4.71. The molecular weight excluding hydrogens is 374 g/mol. The van der Waals surface area contributed by atoms with E-state index >= 15 is 0 Å². The highest BCUT2D eigenvalue weighted by Crippen LogP contribution is 2.38. The predicted molar refractivity (Wildman–Crippen MR) is 88.7 cm³/mol. The normalized spacial score (nSPS) is 11.8. The van der Waals surface area contributed by atoms with Crippen LogP contribution in [0, 0.1) is 5.41 Å². The molecule has 0 aliphatic heterocycles. The molecule has 0 unspecified atom stereocenters. The van der Waals surface area contributed by atoms with E-state index in [1.165, 1.54) is 25.7 Å². The maximum atomic E-state index is 4.44. The van der Waals surface area contributed by atoms with Gasteiger partial charge in [-0.25, -0.2) is 4.98 Å². The first-order valence-corrected chi connectivity index (χ1v) is 9.36. The average molecular weight is 395 g/mol. The van der Waals surface area contributed by atoms with Gasteiger partial charge >= 0.3 is 0 Å². The van der Waals surface area contributed by atoms with E-state index in [1.807, 2.05) is 24.0 Å². The van der Waals surface area contributed by atoms with Gasteiger partial charge in [-0.15, -0.1) is 11.8 Å². The lowest BCUT2D eigenvalue weighted by Crippen LogP contribution is -2.25. The summed E-state index contributed by atoms with van der Waals surface area (Å²) in [5.41, 5.74) is 0.408. The van der Waals surface area contributed by atoms with Gasteiger partial charge in [0, 0.05) is 21.8 Å². The van der Waals surface area contributed by atoms with E-state index < -0.39 is 0 Å². The summed E-state index contributed by atoms with van der Waals surface area (Å²) in [5, 5.41) is 2.19. The van der Waals surface area contributed by atoms with Crippen LogP contribution in [0.25, 0.3) is 0 Å². The number of aromatic nitrogens is 1. The molecule has 102 valence electrons. The zero-order chi connectivity index (χ0) is 13.4. The van der Waals surface area contributed by atoms with Crippen molar-refractivity contribution in [2.24, 2.45) is 5.41 Å². The molecule has 0 aromatic carbocycles. The number of halogens is 2. The molecule has 1 aromatic heterocycles. The van der Waals surface area contributed by atoms with Crippen molar-refractivity contribution in [2.75, 3.05) is 11.1 Å². The summed E-state index contributed by atoms with van der Waals surface area (Å²) in [4.78, 5) is 4.44. The van der Waals surface area contributed by atoms with E-state index in [0.29, 0.717) is 5.41 Å². The molecule has 0 bridgehead atoms. The molecule has 1 heterocycles. The van der Waals surface area contributed by atoms with E-state index in [2.05, 4.69) is 56.8 Å². The van der Waals surface area contributed by atoms with Gasteiger partial charge in [0.25, 0.3) is 0 Å². The van der Waals surface area contributed by atoms with Crippen LogP contribution in [0.15, 0.2) is 27.8 Å². The first-order chi connectivity index (χ1) is 8.67. The Kier molecular flexibility index (Phi) is 7.89. The van der Waals surface area contributed by atoms with Gasteiger partial charge < -0.3 is 0 Å². The molecule has 0 N–H and O–H groups in total. The van der Waals surface area contributed by atoms with E-state index in [-0.39, 0.29) is 0 Å². The molecule has 0 saturated carbocycles. The van der Waals surface area contributed by atoms with Crippen LogP contribution in [0.5, 0.6) is 0 Å². The lowest BCUT2D eigenvalue weighted by atomic mass is 9.83. The van der Waals surface area contributed by atoms with Crippen LogP contribution in [0.1, 0.15) is 39.5 Å². The summed E-state index contributed by atoms with van der Waals surface area (Å²) in [6.45, 7) is 4.54. The fourth-order valence-corrected chi connectivity index (χ4v) is 5.00. The van der Waals surface area contributed by atoms with Gasteiger partial charge in [-0.05, 0) is 46.3 Å². The zero-order valence-corrected chi connectivity index (χ0v) is 15.1. The molecule has 0 aliphatic rings. The third-order valence-electron chi connectivity index (χ3n) is 3.08. The minimum absolute atomic E-state index is 0.408. The smallest absolute Gasteiger partial charge is 0.110 e. The Morgan fingerprint density at radius 3 is 2.44 bits per heavy atom. The van der Waals surface area contributed by atoms with Crippen molar-refractivity contribution in [1.29, 1.82) is 0 Å². The van der Waals surface area contributed by atoms with Gasteiger partial charge in [-0.2, -0.15) is 0 Å². The first-order valence-electron chi connectivity index (χ1n) is 6.46. The standard InChI is InChI=1S/C14H21Br2NS/c1-3-7-14(10-15,8-4-2)11-18-13-12(16)6-5-9-17-13/h5-6,9H,3-4,7-8,10-11H2,1-2H3. The number of hydrogen-bond acceptors (Lipinski definition) is 2. The monoisotopic (exact) mass is 393 g/mol. The summed E-state index contributed by atoms with van der Waals surface area (Å²) in [6.07, 6.45) is 6.92. The fraction of sp³-hybridized carbons (Fsp3) is 0.643. The van der Waals surface area contributed by atoms with Crippen molar-refractivity contribution in [3.05, 3.63) is 22.8 Å². The quantitative estimate of drug-likeness (QED) is 0.401. The Bertz CT molecular complexity index is 351. The van der Waals surface area contributed by atoms with Crippen LogP contribution < -0.4 is 0 Å². The van der Waals surface area contributed by atoms with E-state index in [9.17, 15) is 0 Å². The van der Waals surface area contributed by atoms with Crippen molar-refractivity contribution in [3.8, 4) is 0 Å². The van der Waals surface area contributed by atoms with E-state index in [0.717, 1.165) is 20.6 Å². The largest absolute Gasteiger partial charge is 0.249 e. The Morgan fingerprint density at radius 1 is 1.28 bits per heavy atom. The molecule has 1 aromatic rings. The van der Waals surface area contributed by atoms with Crippen LogP contribution >= 0.6 is 43.6 Å². The highest BCUT2D eigenvalue weighted by atomic mass is 79.9. The summed E-state index contributed by atoms with van der Waals surface area (Å²) >= 11 is 9.16. The number of alkyl halides is 1. The lowest BCUT2D eigenvalue weighted by molar-refractivity contribution is 0.320. The van der Waals surface area contributed by atoms with Crippen LogP contribution in [0.4, 0.5) is 0 Å². The summed E-state index contributed by atoms with van der Waals surface area (Å²) in [5.74, 6) is 1.13. The van der Waals surface area contributed by atoms with Gasteiger partial charge in [0.15, 0.2) is 0 Å². The summed E-state index contributed by atoms with van der Waals surface area (Å²) in [6, 6.07) is 4.02. The van der Waals surface area contributed by atoms with Gasteiger partial charge in [0.1, 0.15) is 5.03 Å². The van der Waals surface area contributed by atoms with Crippen LogP contribution in [-0.2, 0) is 0 Å². The molecule has 0 aliphatic carbocycles. The molecular formula is C14H21Br2NS.